The number of likely N-dealkylation sites (N-methyl/N-ethyl adjacent to an activating group) is 1. The molecule has 0 radical (unpaired) electrons. The van der Waals surface area contributed by atoms with E-state index in [4.69, 9.17) is 5.73 Å². The Balaban J connectivity index is 1.97. The summed E-state index contributed by atoms with van der Waals surface area (Å²) >= 11 is 0. The van der Waals surface area contributed by atoms with Crippen LogP contribution < -0.4 is 16.0 Å². The third kappa shape index (κ3) is 3.44. The predicted molar refractivity (Wildman–Crippen MR) is 83.7 cm³/mol. The molecule has 0 spiro atoms. The summed E-state index contributed by atoms with van der Waals surface area (Å²) in [5.41, 5.74) is 7.57. The normalized spacial score (nSPS) is 17.5. The van der Waals surface area contributed by atoms with Crippen LogP contribution >= 0.6 is 0 Å². The minimum atomic E-state index is -0.221. The van der Waals surface area contributed by atoms with Gasteiger partial charge in [-0.2, -0.15) is 0 Å². The molecule has 1 aromatic rings. The van der Waals surface area contributed by atoms with Crippen molar-refractivity contribution in [3.63, 3.8) is 0 Å². The maximum atomic E-state index is 12.3. The van der Waals surface area contributed by atoms with Crippen molar-refractivity contribution in [2.45, 2.75) is 51.1 Å². The van der Waals surface area contributed by atoms with Gasteiger partial charge in [0.2, 0.25) is 5.91 Å². The van der Waals surface area contributed by atoms with Crippen LogP contribution in [0.2, 0.25) is 0 Å². The van der Waals surface area contributed by atoms with Crippen LogP contribution in [0.15, 0.2) is 24.3 Å². The fourth-order valence-electron chi connectivity index (χ4n) is 2.76. The van der Waals surface area contributed by atoms with Crippen molar-refractivity contribution in [3.05, 3.63) is 24.3 Å². The highest BCUT2D eigenvalue weighted by molar-refractivity contribution is 5.86. The maximum Gasteiger partial charge on any atom is 0.242 e. The average molecular weight is 275 g/mol. The van der Waals surface area contributed by atoms with Crippen LogP contribution in [0.4, 0.5) is 11.4 Å². The first-order valence-electron chi connectivity index (χ1n) is 7.47. The van der Waals surface area contributed by atoms with E-state index in [0.717, 1.165) is 18.5 Å². The monoisotopic (exact) mass is 275 g/mol. The third-order valence-corrected chi connectivity index (χ3v) is 4.23. The summed E-state index contributed by atoms with van der Waals surface area (Å²) in [7, 11) is 1.91. The van der Waals surface area contributed by atoms with Crippen molar-refractivity contribution in [1.82, 2.24) is 5.32 Å². The molecule has 110 valence electrons. The Morgan fingerprint density at radius 1 is 1.30 bits per heavy atom. The zero-order valence-electron chi connectivity index (χ0n) is 12.4. The van der Waals surface area contributed by atoms with E-state index in [2.05, 4.69) is 5.32 Å². The number of rotatable bonds is 4. The van der Waals surface area contributed by atoms with Crippen molar-refractivity contribution in [2.75, 3.05) is 17.7 Å². The second-order valence-electron chi connectivity index (χ2n) is 5.69. The van der Waals surface area contributed by atoms with Gasteiger partial charge in [-0.05, 0) is 31.9 Å². The number of hydrogen-bond donors (Lipinski definition) is 2. The van der Waals surface area contributed by atoms with Crippen LogP contribution in [-0.2, 0) is 4.79 Å². The molecule has 1 unspecified atom stereocenters. The van der Waals surface area contributed by atoms with Crippen molar-refractivity contribution in [1.29, 1.82) is 0 Å². The first-order valence-corrected chi connectivity index (χ1v) is 7.47. The van der Waals surface area contributed by atoms with E-state index < -0.39 is 0 Å². The Kier molecular flexibility index (Phi) is 4.88. The van der Waals surface area contributed by atoms with Gasteiger partial charge in [0.05, 0.1) is 11.4 Å². The van der Waals surface area contributed by atoms with E-state index in [-0.39, 0.29) is 11.9 Å². The van der Waals surface area contributed by atoms with E-state index in [9.17, 15) is 4.79 Å². The van der Waals surface area contributed by atoms with Crippen molar-refractivity contribution in [2.24, 2.45) is 0 Å². The Morgan fingerprint density at radius 2 is 1.95 bits per heavy atom. The summed E-state index contributed by atoms with van der Waals surface area (Å²) in [5.74, 6) is 0.0858. The SMILES string of the molecule is CC(C(=O)NC1CCCCC1)N(C)c1ccccc1N. The molecule has 0 saturated heterocycles. The second-order valence-corrected chi connectivity index (χ2v) is 5.69. The van der Waals surface area contributed by atoms with E-state index in [1.165, 1.54) is 19.3 Å². The Bertz CT molecular complexity index is 455. The van der Waals surface area contributed by atoms with Crippen LogP contribution in [0.3, 0.4) is 0 Å². The Hall–Kier alpha value is -1.71. The third-order valence-electron chi connectivity index (χ3n) is 4.23. The number of anilines is 2. The molecule has 1 saturated carbocycles. The van der Waals surface area contributed by atoms with Gasteiger partial charge in [0, 0.05) is 13.1 Å². The molecule has 20 heavy (non-hydrogen) atoms. The largest absolute Gasteiger partial charge is 0.397 e. The molecule has 1 aromatic carbocycles. The summed E-state index contributed by atoms with van der Waals surface area (Å²) in [6.07, 6.45) is 5.95. The van der Waals surface area contributed by atoms with E-state index in [1.807, 2.05) is 43.1 Å². The topological polar surface area (TPSA) is 58.4 Å². The number of nitrogens with zero attached hydrogens (tertiary/aromatic N) is 1. The average Bonchev–Trinajstić information content (AvgIpc) is 2.47. The molecule has 2 rings (SSSR count). The predicted octanol–water partition coefficient (Wildman–Crippen LogP) is 2.54. The quantitative estimate of drug-likeness (QED) is 0.830. The molecule has 1 aliphatic carbocycles. The van der Waals surface area contributed by atoms with Crippen LogP contribution in [-0.4, -0.2) is 25.0 Å². The molecule has 1 aliphatic rings. The van der Waals surface area contributed by atoms with Gasteiger partial charge in [-0.25, -0.2) is 0 Å². The molecule has 4 heteroatoms. The molecule has 1 atom stereocenters. The van der Waals surface area contributed by atoms with Crippen LogP contribution in [0.25, 0.3) is 0 Å². The van der Waals surface area contributed by atoms with Gasteiger partial charge in [0.15, 0.2) is 0 Å². The number of nitrogen functional groups attached to an aromatic ring is 1. The number of nitrogens with two attached hydrogens (primary N) is 1. The molecule has 4 nitrogen and oxygen atoms in total. The summed E-state index contributed by atoms with van der Waals surface area (Å²) in [6.45, 7) is 1.92. The van der Waals surface area contributed by atoms with E-state index >= 15 is 0 Å². The number of para-hydroxylation sites is 2. The first kappa shape index (κ1) is 14.7. The highest BCUT2D eigenvalue weighted by Crippen LogP contribution is 2.23. The number of carbonyl (C=O) groups excluding carboxylic acids is 1. The lowest BCUT2D eigenvalue weighted by atomic mass is 9.95. The fraction of sp³-hybridized carbons (Fsp3) is 0.562. The molecule has 1 fully saturated rings. The first-order chi connectivity index (χ1) is 9.59. The maximum absolute atomic E-state index is 12.3. The Labute approximate surface area is 121 Å². The lowest BCUT2D eigenvalue weighted by Gasteiger charge is -2.30. The van der Waals surface area contributed by atoms with Crippen molar-refractivity contribution < 1.29 is 4.79 Å². The van der Waals surface area contributed by atoms with Crippen LogP contribution in [0.5, 0.6) is 0 Å². The number of benzene rings is 1. The van der Waals surface area contributed by atoms with Gasteiger partial charge >= 0.3 is 0 Å². The highest BCUT2D eigenvalue weighted by Gasteiger charge is 2.23. The molecule has 0 heterocycles. The molecule has 1 amide bonds. The lowest BCUT2D eigenvalue weighted by molar-refractivity contribution is -0.122. The van der Waals surface area contributed by atoms with E-state index in [1.54, 1.807) is 0 Å². The smallest absolute Gasteiger partial charge is 0.242 e. The van der Waals surface area contributed by atoms with Gasteiger partial charge in [-0.15, -0.1) is 0 Å². The summed E-state index contributed by atoms with van der Waals surface area (Å²) in [6, 6.07) is 7.77. The van der Waals surface area contributed by atoms with Crippen LogP contribution in [0.1, 0.15) is 39.0 Å². The van der Waals surface area contributed by atoms with Gasteiger partial charge in [0.1, 0.15) is 6.04 Å². The standard InChI is InChI=1S/C16H25N3O/c1-12(16(20)18-13-8-4-3-5-9-13)19(2)15-11-7-6-10-14(15)17/h6-7,10-13H,3-5,8-9,17H2,1-2H3,(H,18,20). The van der Waals surface area contributed by atoms with Gasteiger partial charge < -0.3 is 16.0 Å². The van der Waals surface area contributed by atoms with Crippen molar-refractivity contribution in [3.8, 4) is 0 Å². The molecule has 0 bridgehead atoms. The molecular weight excluding hydrogens is 250 g/mol. The minimum Gasteiger partial charge on any atom is -0.397 e. The molecule has 0 aromatic heterocycles. The molecule has 3 N–H and O–H groups in total. The van der Waals surface area contributed by atoms with Crippen LogP contribution in [0, 0.1) is 0 Å². The highest BCUT2D eigenvalue weighted by atomic mass is 16.2. The zero-order chi connectivity index (χ0) is 14.5. The zero-order valence-corrected chi connectivity index (χ0v) is 12.4. The van der Waals surface area contributed by atoms with Gasteiger partial charge in [0.25, 0.3) is 0 Å². The number of carbonyl (C=O) groups is 1. The minimum absolute atomic E-state index is 0.0858. The molecule has 0 aliphatic heterocycles. The van der Waals surface area contributed by atoms with Gasteiger partial charge in [-0.3, -0.25) is 4.79 Å². The van der Waals surface area contributed by atoms with Crippen molar-refractivity contribution >= 4 is 17.3 Å². The lowest BCUT2D eigenvalue weighted by Crippen LogP contribution is -2.47. The number of hydrogen-bond acceptors (Lipinski definition) is 3. The summed E-state index contributed by atoms with van der Waals surface area (Å²) in [4.78, 5) is 14.3. The van der Waals surface area contributed by atoms with E-state index in [0.29, 0.717) is 11.7 Å². The summed E-state index contributed by atoms with van der Waals surface area (Å²) < 4.78 is 0. The molecular formula is C16H25N3O. The number of amides is 1. The summed E-state index contributed by atoms with van der Waals surface area (Å²) in [5, 5.41) is 3.17. The Morgan fingerprint density at radius 3 is 2.60 bits per heavy atom. The fourth-order valence-corrected chi connectivity index (χ4v) is 2.76. The second kappa shape index (κ2) is 6.64. The van der Waals surface area contributed by atoms with Gasteiger partial charge in [-0.1, -0.05) is 31.4 Å². The number of nitrogens with one attached hydrogen (secondary N) is 1.